The molecule has 2 nitrogen and oxygen atoms in total. The Kier molecular flexibility index (Phi) is 2.29. The molecule has 1 aliphatic carbocycles. The highest BCUT2D eigenvalue weighted by atomic mass is 19.3. The van der Waals surface area contributed by atoms with Gasteiger partial charge in [-0.15, -0.1) is 0 Å². The minimum absolute atomic E-state index is 0.0201. The first-order valence-corrected chi connectivity index (χ1v) is 4.93. The second-order valence-corrected chi connectivity index (χ2v) is 4.12. The van der Waals surface area contributed by atoms with Crippen LogP contribution in [0.5, 0.6) is 0 Å². The summed E-state index contributed by atoms with van der Waals surface area (Å²) in [6, 6.07) is 1.90. The van der Waals surface area contributed by atoms with E-state index in [2.05, 4.69) is 5.10 Å². The lowest BCUT2D eigenvalue weighted by Crippen LogP contribution is -2.14. The van der Waals surface area contributed by atoms with Crippen molar-refractivity contribution in [3.63, 3.8) is 0 Å². The summed E-state index contributed by atoms with van der Waals surface area (Å²) < 4.78 is 27.6. The lowest BCUT2D eigenvalue weighted by Gasteiger charge is -2.11. The van der Waals surface area contributed by atoms with Crippen LogP contribution in [0.3, 0.4) is 0 Å². The van der Waals surface area contributed by atoms with Crippen LogP contribution in [0.15, 0.2) is 12.3 Å². The average Bonchev–Trinajstić information content (AvgIpc) is 2.61. The predicted molar refractivity (Wildman–Crippen MR) is 49.3 cm³/mol. The van der Waals surface area contributed by atoms with Gasteiger partial charge in [-0.25, -0.2) is 8.78 Å². The largest absolute Gasteiger partial charge is 0.270 e. The third kappa shape index (κ3) is 1.94. The Morgan fingerprint density at radius 1 is 1.64 bits per heavy atom. The average molecular weight is 200 g/mol. The van der Waals surface area contributed by atoms with Crippen LogP contribution >= 0.6 is 0 Å². The molecule has 1 aliphatic rings. The van der Waals surface area contributed by atoms with Crippen molar-refractivity contribution in [2.45, 2.75) is 38.7 Å². The molecule has 0 radical (unpaired) electrons. The van der Waals surface area contributed by atoms with Gasteiger partial charge in [0, 0.05) is 31.3 Å². The zero-order chi connectivity index (χ0) is 10.2. The van der Waals surface area contributed by atoms with Gasteiger partial charge in [-0.2, -0.15) is 5.10 Å². The molecule has 0 saturated heterocycles. The van der Waals surface area contributed by atoms with Crippen LogP contribution in [0.2, 0.25) is 0 Å². The minimum atomic E-state index is -2.44. The molecule has 1 heterocycles. The Labute approximate surface area is 81.9 Å². The third-order valence-corrected chi connectivity index (χ3v) is 2.87. The second-order valence-electron chi connectivity index (χ2n) is 4.12. The number of rotatable bonds is 2. The molecular weight excluding hydrogens is 186 g/mol. The molecule has 0 spiro atoms. The molecule has 1 aromatic heterocycles. The molecular formula is C10H14F2N2. The summed E-state index contributed by atoms with van der Waals surface area (Å²) in [5.74, 6) is -2.35. The van der Waals surface area contributed by atoms with Crippen molar-refractivity contribution in [2.75, 3.05) is 0 Å². The van der Waals surface area contributed by atoms with Gasteiger partial charge < -0.3 is 0 Å². The highest BCUT2D eigenvalue weighted by molar-refractivity contribution is 4.97. The fourth-order valence-corrected chi connectivity index (χ4v) is 2.03. The van der Waals surface area contributed by atoms with Gasteiger partial charge in [0.1, 0.15) is 0 Å². The van der Waals surface area contributed by atoms with Gasteiger partial charge in [-0.1, -0.05) is 0 Å². The molecule has 78 valence electrons. The number of hydrogen-bond donors (Lipinski definition) is 0. The van der Waals surface area contributed by atoms with Crippen molar-refractivity contribution >= 4 is 0 Å². The van der Waals surface area contributed by atoms with Crippen molar-refractivity contribution in [1.82, 2.24) is 9.78 Å². The van der Waals surface area contributed by atoms with Gasteiger partial charge in [-0.05, 0) is 25.3 Å². The van der Waals surface area contributed by atoms with Crippen LogP contribution in [0.25, 0.3) is 0 Å². The molecule has 1 saturated carbocycles. The predicted octanol–water partition coefficient (Wildman–Crippen LogP) is 2.63. The van der Waals surface area contributed by atoms with Gasteiger partial charge in [0.15, 0.2) is 0 Å². The van der Waals surface area contributed by atoms with Crippen molar-refractivity contribution in [3.05, 3.63) is 18.0 Å². The van der Waals surface area contributed by atoms with E-state index in [0.717, 1.165) is 5.69 Å². The monoisotopic (exact) mass is 200 g/mol. The molecule has 14 heavy (non-hydrogen) atoms. The fourth-order valence-electron chi connectivity index (χ4n) is 2.03. The molecule has 0 amide bonds. The van der Waals surface area contributed by atoms with E-state index in [9.17, 15) is 8.78 Å². The van der Waals surface area contributed by atoms with Gasteiger partial charge in [0.05, 0.1) is 0 Å². The Morgan fingerprint density at radius 3 is 2.93 bits per heavy atom. The van der Waals surface area contributed by atoms with E-state index in [1.54, 1.807) is 6.20 Å². The van der Waals surface area contributed by atoms with E-state index in [1.165, 1.54) is 0 Å². The van der Waals surface area contributed by atoms with Crippen LogP contribution in [0, 0.1) is 12.8 Å². The van der Waals surface area contributed by atoms with Gasteiger partial charge in [-0.3, -0.25) is 4.68 Å². The van der Waals surface area contributed by atoms with E-state index in [0.29, 0.717) is 13.0 Å². The maximum Gasteiger partial charge on any atom is 0.248 e. The first-order valence-electron chi connectivity index (χ1n) is 4.93. The smallest absolute Gasteiger partial charge is 0.248 e. The zero-order valence-corrected chi connectivity index (χ0v) is 8.21. The summed E-state index contributed by atoms with van der Waals surface area (Å²) >= 11 is 0. The lowest BCUT2D eigenvalue weighted by atomic mass is 10.1. The normalized spacial score (nSPS) is 25.5. The van der Waals surface area contributed by atoms with Crippen molar-refractivity contribution in [1.29, 1.82) is 0 Å². The molecule has 2 rings (SSSR count). The first kappa shape index (κ1) is 9.62. The molecule has 1 fully saturated rings. The van der Waals surface area contributed by atoms with Crippen LogP contribution in [-0.2, 0) is 6.54 Å². The molecule has 1 aromatic rings. The maximum absolute atomic E-state index is 12.9. The topological polar surface area (TPSA) is 17.8 Å². The van der Waals surface area contributed by atoms with Gasteiger partial charge in [0.2, 0.25) is 5.92 Å². The number of aromatic nitrogens is 2. The SMILES string of the molecule is Cc1ccnn1CC1CCC(F)(F)C1. The van der Waals surface area contributed by atoms with E-state index in [-0.39, 0.29) is 18.8 Å². The maximum atomic E-state index is 12.9. The quantitative estimate of drug-likeness (QED) is 0.717. The standard InChI is InChI=1S/C10H14F2N2/c1-8-3-5-13-14(8)7-9-2-4-10(11,12)6-9/h3,5,9H,2,4,6-7H2,1H3. The molecule has 0 aliphatic heterocycles. The van der Waals surface area contributed by atoms with E-state index < -0.39 is 5.92 Å². The van der Waals surface area contributed by atoms with Crippen LogP contribution in [0.1, 0.15) is 25.0 Å². The summed E-state index contributed by atoms with van der Waals surface area (Å²) in [7, 11) is 0. The fraction of sp³-hybridized carbons (Fsp3) is 0.700. The van der Waals surface area contributed by atoms with Crippen LogP contribution in [-0.4, -0.2) is 15.7 Å². The van der Waals surface area contributed by atoms with Crippen LogP contribution in [0.4, 0.5) is 8.78 Å². The molecule has 1 unspecified atom stereocenters. The van der Waals surface area contributed by atoms with Crippen molar-refractivity contribution in [3.8, 4) is 0 Å². The summed E-state index contributed by atoms with van der Waals surface area (Å²) in [5, 5.41) is 4.10. The van der Waals surface area contributed by atoms with E-state index in [4.69, 9.17) is 0 Å². The Hall–Kier alpha value is -0.930. The van der Waals surface area contributed by atoms with Crippen molar-refractivity contribution < 1.29 is 8.78 Å². The molecule has 0 aromatic carbocycles. The number of aryl methyl sites for hydroxylation is 1. The lowest BCUT2D eigenvalue weighted by molar-refractivity contribution is 0.00420. The summed E-state index contributed by atoms with van der Waals surface area (Å²) in [6.45, 7) is 2.58. The molecule has 0 N–H and O–H groups in total. The number of nitrogens with zero attached hydrogens (tertiary/aromatic N) is 2. The Morgan fingerprint density at radius 2 is 2.43 bits per heavy atom. The first-order chi connectivity index (χ1) is 6.57. The third-order valence-electron chi connectivity index (χ3n) is 2.87. The Bertz CT molecular complexity index is 320. The number of halogens is 2. The summed E-state index contributed by atoms with van der Waals surface area (Å²) in [4.78, 5) is 0. The zero-order valence-electron chi connectivity index (χ0n) is 8.21. The van der Waals surface area contributed by atoms with Crippen LogP contribution < -0.4 is 0 Å². The number of hydrogen-bond acceptors (Lipinski definition) is 1. The highest BCUT2D eigenvalue weighted by Gasteiger charge is 2.39. The summed E-state index contributed by atoms with van der Waals surface area (Å²) in [5.41, 5.74) is 1.04. The Balaban J connectivity index is 1.97. The minimum Gasteiger partial charge on any atom is -0.270 e. The van der Waals surface area contributed by atoms with Gasteiger partial charge >= 0.3 is 0 Å². The van der Waals surface area contributed by atoms with E-state index in [1.807, 2.05) is 17.7 Å². The molecule has 4 heteroatoms. The van der Waals surface area contributed by atoms with E-state index >= 15 is 0 Å². The van der Waals surface area contributed by atoms with Crippen molar-refractivity contribution in [2.24, 2.45) is 5.92 Å². The molecule has 1 atom stereocenters. The number of alkyl halides is 2. The summed E-state index contributed by atoms with van der Waals surface area (Å²) in [6.07, 6.45) is 2.39. The van der Waals surface area contributed by atoms with Gasteiger partial charge in [0.25, 0.3) is 0 Å². The highest BCUT2D eigenvalue weighted by Crippen LogP contribution is 2.39. The molecule has 0 bridgehead atoms. The second kappa shape index (κ2) is 3.33.